The summed E-state index contributed by atoms with van der Waals surface area (Å²) >= 11 is 0. The highest BCUT2D eigenvalue weighted by Crippen LogP contribution is 2.29. The van der Waals surface area contributed by atoms with Crippen molar-refractivity contribution < 1.29 is 9.59 Å². The largest absolute Gasteiger partial charge is 0.333 e. The van der Waals surface area contributed by atoms with Gasteiger partial charge in [-0.05, 0) is 38.2 Å². The van der Waals surface area contributed by atoms with Gasteiger partial charge < -0.3 is 9.80 Å². The van der Waals surface area contributed by atoms with Crippen molar-refractivity contribution in [2.45, 2.75) is 51.0 Å². The van der Waals surface area contributed by atoms with Crippen LogP contribution in [-0.4, -0.2) is 51.4 Å². The number of likely N-dealkylation sites (tertiary alicyclic amines) is 2. The van der Waals surface area contributed by atoms with Crippen LogP contribution in [0.2, 0.25) is 0 Å². The van der Waals surface area contributed by atoms with Gasteiger partial charge in [0.1, 0.15) is 0 Å². The monoisotopic (exact) mass is 304 g/mol. The number of H-pyrrole nitrogens is 1. The Kier molecular flexibility index (Phi) is 4.75. The number of hydrogen-bond acceptors (Lipinski definition) is 3. The van der Waals surface area contributed by atoms with Crippen LogP contribution < -0.4 is 0 Å². The summed E-state index contributed by atoms with van der Waals surface area (Å²) in [4.78, 5) is 28.5. The van der Waals surface area contributed by atoms with Crippen LogP contribution >= 0.6 is 0 Å². The molecule has 120 valence electrons. The molecule has 0 aromatic carbocycles. The molecule has 2 aliphatic heterocycles. The minimum absolute atomic E-state index is 0.0644. The Morgan fingerprint density at radius 3 is 2.91 bits per heavy atom. The third-order valence-electron chi connectivity index (χ3n) is 4.70. The fraction of sp³-hybridized carbons (Fsp3) is 0.688. The SMILES string of the molecule is O=C1CCCCCN1CC(=O)N1CCCCC1c1ccn[nH]1. The van der Waals surface area contributed by atoms with Gasteiger partial charge in [0.05, 0.1) is 18.3 Å². The van der Waals surface area contributed by atoms with Crippen LogP contribution in [0.25, 0.3) is 0 Å². The summed E-state index contributed by atoms with van der Waals surface area (Å²) in [6.07, 6.45) is 8.45. The van der Waals surface area contributed by atoms with Crippen molar-refractivity contribution >= 4 is 11.8 Å². The lowest BCUT2D eigenvalue weighted by Crippen LogP contribution is -2.46. The number of nitrogens with one attached hydrogen (secondary N) is 1. The lowest BCUT2D eigenvalue weighted by Gasteiger charge is -2.36. The van der Waals surface area contributed by atoms with Crippen molar-refractivity contribution in [1.82, 2.24) is 20.0 Å². The second-order valence-corrected chi connectivity index (χ2v) is 6.24. The van der Waals surface area contributed by atoms with E-state index in [0.717, 1.165) is 50.8 Å². The van der Waals surface area contributed by atoms with Gasteiger partial charge in [0.2, 0.25) is 11.8 Å². The second kappa shape index (κ2) is 6.94. The van der Waals surface area contributed by atoms with Crippen molar-refractivity contribution in [3.05, 3.63) is 18.0 Å². The lowest BCUT2D eigenvalue weighted by molar-refractivity contribution is -0.142. The molecule has 2 saturated heterocycles. The Balaban J connectivity index is 1.68. The fourth-order valence-corrected chi connectivity index (χ4v) is 3.47. The summed E-state index contributed by atoms with van der Waals surface area (Å²) in [6, 6.07) is 2.01. The van der Waals surface area contributed by atoms with E-state index in [4.69, 9.17) is 0 Å². The van der Waals surface area contributed by atoms with Crippen molar-refractivity contribution in [2.24, 2.45) is 0 Å². The number of piperidine rings is 1. The Hall–Kier alpha value is -1.85. The summed E-state index contributed by atoms with van der Waals surface area (Å²) in [5.41, 5.74) is 0.996. The van der Waals surface area contributed by atoms with E-state index >= 15 is 0 Å². The highest BCUT2D eigenvalue weighted by Gasteiger charge is 2.30. The van der Waals surface area contributed by atoms with Crippen molar-refractivity contribution in [3.8, 4) is 0 Å². The molecule has 6 heteroatoms. The van der Waals surface area contributed by atoms with E-state index in [-0.39, 0.29) is 24.4 Å². The molecule has 1 atom stereocenters. The van der Waals surface area contributed by atoms with Gasteiger partial charge in [0.15, 0.2) is 0 Å². The van der Waals surface area contributed by atoms with E-state index in [1.54, 1.807) is 11.1 Å². The van der Waals surface area contributed by atoms with Crippen molar-refractivity contribution in [3.63, 3.8) is 0 Å². The molecule has 2 aliphatic rings. The maximum atomic E-state index is 12.7. The first-order valence-electron chi connectivity index (χ1n) is 8.32. The molecule has 0 spiro atoms. The molecule has 0 bridgehead atoms. The zero-order valence-electron chi connectivity index (χ0n) is 13.0. The summed E-state index contributed by atoms with van der Waals surface area (Å²) < 4.78 is 0. The molecule has 3 rings (SSSR count). The Morgan fingerprint density at radius 1 is 1.23 bits per heavy atom. The Morgan fingerprint density at radius 2 is 2.09 bits per heavy atom. The van der Waals surface area contributed by atoms with Crippen LogP contribution in [-0.2, 0) is 9.59 Å². The first-order chi connectivity index (χ1) is 10.8. The molecule has 1 unspecified atom stereocenters. The van der Waals surface area contributed by atoms with Crippen LogP contribution in [0.3, 0.4) is 0 Å². The van der Waals surface area contributed by atoms with Gasteiger partial charge in [-0.2, -0.15) is 5.10 Å². The maximum Gasteiger partial charge on any atom is 0.242 e. The number of aromatic nitrogens is 2. The predicted molar refractivity (Wildman–Crippen MR) is 81.9 cm³/mol. The number of nitrogens with zero attached hydrogens (tertiary/aromatic N) is 3. The molecule has 6 nitrogen and oxygen atoms in total. The third-order valence-corrected chi connectivity index (χ3v) is 4.70. The van der Waals surface area contributed by atoms with Crippen LogP contribution in [0.15, 0.2) is 12.3 Å². The van der Waals surface area contributed by atoms with E-state index in [2.05, 4.69) is 10.2 Å². The maximum absolute atomic E-state index is 12.7. The normalized spacial score (nSPS) is 23.5. The van der Waals surface area contributed by atoms with Crippen LogP contribution in [0, 0.1) is 0 Å². The van der Waals surface area contributed by atoms with Crippen LogP contribution in [0.5, 0.6) is 0 Å². The summed E-state index contributed by atoms with van der Waals surface area (Å²) in [6.45, 7) is 1.71. The Labute approximate surface area is 130 Å². The van der Waals surface area contributed by atoms with Crippen molar-refractivity contribution in [1.29, 1.82) is 0 Å². The molecule has 2 fully saturated rings. The van der Waals surface area contributed by atoms with Gasteiger partial charge in [-0.3, -0.25) is 14.7 Å². The van der Waals surface area contributed by atoms with E-state index in [0.29, 0.717) is 13.0 Å². The van der Waals surface area contributed by atoms with E-state index in [9.17, 15) is 9.59 Å². The van der Waals surface area contributed by atoms with Gasteiger partial charge >= 0.3 is 0 Å². The van der Waals surface area contributed by atoms with E-state index in [1.807, 2.05) is 11.0 Å². The first-order valence-corrected chi connectivity index (χ1v) is 8.32. The predicted octanol–water partition coefficient (Wildman–Crippen LogP) is 1.87. The smallest absolute Gasteiger partial charge is 0.242 e. The number of carbonyl (C=O) groups is 2. The quantitative estimate of drug-likeness (QED) is 0.926. The molecule has 1 aromatic rings. The molecule has 0 aliphatic carbocycles. The molecule has 22 heavy (non-hydrogen) atoms. The molecule has 0 radical (unpaired) electrons. The highest BCUT2D eigenvalue weighted by atomic mass is 16.2. The van der Waals surface area contributed by atoms with Crippen LogP contribution in [0.1, 0.15) is 56.7 Å². The summed E-state index contributed by atoms with van der Waals surface area (Å²) in [5.74, 6) is 0.190. The molecule has 0 saturated carbocycles. The van der Waals surface area contributed by atoms with Gasteiger partial charge in [-0.25, -0.2) is 0 Å². The van der Waals surface area contributed by atoms with Gasteiger partial charge in [0.25, 0.3) is 0 Å². The molecule has 3 heterocycles. The number of carbonyl (C=O) groups excluding carboxylic acids is 2. The van der Waals surface area contributed by atoms with Gasteiger partial charge in [-0.15, -0.1) is 0 Å². The highest BCUT2D eigenvalue weighted by molar-refractivity contribution is 5.85. The summed E-state index contributed by atoms with van der Waals surface area (Å²) in [7, 11) is 0. The number of rotatable bonds is 3. The first kappa shape index (κ1) is 15.1. The van der Waals surface area contributed by atoms with E-state index < -0.39 is 0 Å². The lowest BCUT2D eigenvalue weighted by atomic mass is 9.99. The molecular weight excluding hydrogens is 280 g/mol. The molecule has 1 aromatic heterocycles. The zero-order valence-corrected chi connectivity index (χ0v) is 13.0. The average Bonchev–Trinajstić information content (AvgIpc) is 3.00. The molecular formula is C16H24N4O2. The van der Waals surface area contributed by atoms with Crippen LogP contribution in [0.4, 0.5) is 0 Å². The van der Waals surface area contributed by atoms with Gasteiger partial charge in [0, 0.05) is 25.7 Å². The fourth-order valence-electron chi connectivity index (χ4n) is 3.47. The van der Waals surface area contributed by atoms with Gasteiger partial charge in [-0.1, -0.05) is 6.42 Å². The summed E-state index contributed by atoms with van der Waals surface area (Å²) in [5, 5.41) is 6.99. The van der Waals surface area contributed by atoms with E-state index in [1.165, 1.54) is 0 Å². The topological polar surface area (TPSA) is 69.3 Å². The molecule has 1 N–H and O–H groups in total. The third kappa shape index (κ3) is 3.31. The second-order valence-electron chi connectivity index (χ2n) is 6.24. The average molecular weight is 304 g/mol. The Bertz CT molecular complexity index is 514. The minimum Gasteiger partial charge on any atom is -0.333 e. The van der Waals surface area contributed by atoms with Crippen molar-refractivity contribution in [2.75, 3.05) is 19.6 Å². The number of aromatic amines is 1. The molecule has 2 amide bonds. The standard InChI is InChI=1S/C16H24N4O2/c21-15-7-2-1-4-10-19(15)12-16(22)20-11-5-3-6-14(20)13-8-9-17-18-13/h8-9,14H,1-7,10-12H2,(H,17,18). The number of hydrogen-bond donors (Lipinski definition) is 1. The number of amides is 2. The zero-order chi connectivity index (χ0) is 15.4. The minimum atomic E-state index is 0.0644.